The molecule has 84 valence electrons. The summed E-state index contributed by atoms with van der Waals surface area (Å²) in [6.45, 7) is 0.497. The summed E-state index contributed by atoms with van der Waals surface area (Å²) in [5, 5.41) is 0.887. The number of methoxy groups -OCH3 is 1. The summed E-state index contributed by atoms with van der Waals surface area (Å²) < 4.78 is 4.79. The van der Waals surface area contributed by atoms with Crippen LogP contribution in [0, 0.1) is 0 Å². The smallest absolute Gasteiger partial charge is 0.340 e. The number of hydrogen-bond acceptors (Lipinski definition) is 3. The van der Waals surface area contributed by atoms with E-state index in [-0.39, 0.29) is 5.97 Å². The third-order valence-corrected chi connectivity index (χ3v) is 2.57. The highest BCUT2D eigenvalue weighted by molar-refractivity contribution is 6.05. The molecule has 0 saturated heterocycles. The van der Waals surface area contributed by atoms with Gasteiger partial charge in [0.1, 0.15) is 0 Å². The van der Waals surface area contributed by atoms with Crippen molar-refractivity contribution >= 4 is 16.9 Å². The van der Waals surface area contributed by atoms with Gasteiger partial charge >= 0.3 is 5.97 Å². The summed E-state index contributed by atoms with van der Waals surface area (Å²) >= 11 is 0. The largest absolute Gasteiger partial charge is 0.465 e. The lowest BCUT2D eigenvalue weighted by Gasteiger charge is -2.01. The molecule has 2 aromatic rings. The van der Waals surface area contributed by atoms with Crippen molar-refractivity contribution in [2.75, 3.05) is 13.7 Å². The fourth-order valence-corrected chi connectivity index (χ4v) is 1.86. The summed E-state index contributed by atoms with van der Waals surface area (Å²) in [7, 11) is 1.39. The number of ether oxygens (including phenoxy) is 1. The molecule has 16 heavy (non-hydrogen) atoms. The molecule has 1 aromatic carbocycles. The SMILES string of the molecule is COC(=O)c1c(CCN)[nH]c2ccccc12. The molecule has 1 heterocycles. The van der Waals surface area contributed by atoms with E-state index in [9.17, 15) is 4.79 Å². The van der Waals surface area contributed by atoms with Gasteiger partial charge in [-0.15, -0.1) is 0 Å². The molecule has 3 N–H and O–H groups in total. The molecule has 0 saturated carbocycles. The van der Waals surface area contributed by atoms with Crippen molar-refractivity contribution in [3.63, 3.8) is 0 Å². The molecule has 0 aliphatic rings. The fraction of sp³-hybridized carbons (Fsp3) is 0.250. The molecule has 0 aliphatic carbocycles. The summed E-state index contributed by atoms with van der Waals surface area (Å²) in [6.07, 6.45) is 0.638. The first-order chi connectivity index (χ1) is 7.77. The number of para-hydroxylation sites is 1. The van der Waals surface area contributed by atoms with Gasteiger partial charge < -0.3 is 15.5 Å². The van der Waals surface area contributed by atoms with Crippen molar-refractivity contribution in [3.05, 3.63) is 35.5 Å². The van der Waals surface area contributed by atoms with Crippen LogP contribution in [0.25, 0.3) is 10.9 Å². The van der Waals surface area contributed by atoms with Crippen LogP contribution in [0.5, 0.6) is 0 Å². The van der Waals surface area contributed by atoms with Crippen LogP contribution >= 0.6 is 0 Å². The molecular weight excluding hydrogens is 204 g/mol. The van der Waals surface area contributed by atoms with Gasteiger partial charge in [0.15, 0.2) is 0 Å². The molecule has 2 rings (SSSR count). The Bertz CT molecular complexity index is 517. The van der Waals surface area contributed by atoms with Gasteiger partial charge in [0.05, 0.1) is 12.7 Å². The lowest BCUT2D eigenvalue weighted by Crippen LogP contribution is -2.09. The summed E-state index contributed by atoms with van der Waals surface area (Å²) in [6, 6.07) is 7.65. The Morgan fingerprint density at radius 1 is 1.44 bits per heavy atom. The highest BCUT2D eigenvalue weighted by atomic mass is 16.5. The molecule has 0 bridgehead atoms. The highest BCUT2D eigenvalue weighted by Crippen LogP contribution is 2.23. The van der Waals surface area contributed by atoms with Crippen LogP contribution in [-0.2, 0) is 11.2 Å². The van der Waals surface area contributed by atoms with E-state index in [4.69, 9.17) is 10.5 Å². The number of aromatic amines is 1. The maximum Gasteiger partial charge on any atom is 0.340 e. The Morgan fingerprint density at radius 3 is 2.88 bits per heavy atom. The Labute approximate surface area is 93.4 Å². The minimum Gasteiger partial charge on any atom is -0.465 e. The Hall–Kier alpha value is -1.81. The predicted octanol–water partition coefficient (Wildman–Crippen LogP) is 1.46. The van der Waals surface area contributed by atoms with E-state index in [1.54, 1.807) is 0 Å². The molecule has 0 atom stereocenters. The summed E-state index contributed by atoms with van der Waals surface area (Å²) in [5.74, 6) is -0.319. The number of carbonyl (C=O) groups is 1. The van der Waals surface area contributed by atoms with Gasteiger partial charge in [-0.25, -0.2) is 4.79 Å². The number of nitrogens with one attached hydrogen (secondary N) is 1. The van der Waals surface area contributed by atoms with Gasteiger partial charge in [-0.3, -0.25) is 0 Å². The maximum absolute atomic E-state index is 11.7. The van der Waals surface area contributed by atoms with Crippen LogP contribution in [0.4, 0.5) is 0 Å². The Balaban J connectivity index is 2.64. The van der Waals surface area contributed by atoms with Crippen LogP contribution in [0.1, 0.15) is 16.1 Å². The quantitative estimate of drug-likeness (QED) is 0.766. The monoisotopic (exact) mass is 218 g/mol. The number of hydrogen-bond donors (Lipinski definition) is 2. The summed E-state index contributed by atoms with van der Waals surface area (Å²) in [4.78, 5) is 14.9. The lowest BCUT2D eigenvalue weighted by atomic mass is 10.1. The first-order valence-electron chi connectivity index (χ1n) is 5.16. The molecule has 4 heteroatoms. The van der Waals surface area contributed by atoms with E-state index < -0.39 is 0 Å². The maximum atomic E-state index is 11.7. The molecule has 0 aliphatic heterocycles. The second kappa shape index (κ2) is 4.37. The minimum atomic E-state index is -0.319. The second-order valence-corrected chi connectivity index (χ2v) is 3.55. The van der Waals surface area contributed by atoms with Crippen LogP contribution in [0.3, 0.4) is 0 Å². The van der Waals surface area contributed by atoms with Gasteiger partial charge in [-0.05, 0) is 12.6 Å². The van der Waals surface area contributed by atoms with Gasteiger partial charge in [0.25, 0.3) is 0 Å². The molecule has 0 fully saturated rings. The normalized spacial score (nSPS) is 10.6. The van der Waals surface area contributed by atoms with E-state index in [1.165, 1.54) is 7.11 Å². The zero-order chi connectivity index (χ0) is 11.5. The van der Waals surface area contributed by atoms with Gasteiger partial charge in [0, 0.05) is 23.0 Å². The van der Waals surface area contributed by atoms with Crippen molar-refractivity contribution in [1.82, 2.24) is 4.98 Å². The molecule has 0 unspecified atom stereocenters. The standard InChI is InChI=1S/C12H14N2O2/c1-16-12(15)11-8-4-2-3-5-9(8)14-10(11)6-7-13/h2-5,14H,6-7,13H2,1H3. The van der Waals surface area contributed by atoms with E-state index in [0.29, 0.717) is 18.5 Å². The second-order valence-electron chi connectivity index (χ2n) is 3.55. The van der Waals surface area contributed by atoms with Crippen molar-refractivity contribution in [2.24, 2.45) is 5.73 Å². The van der Waals surface area contributed by atoms with Crippen molar-refractivity contribution in [3.8, 4) is 0 Å². The van der Waals surface area contributed by atoms with Crippen LogP contribution in [-0.4, -0.2) is 24.6 Å². The Kier molecular flexibility index (Phi) is 2.92. The highest BCUT2D eigenvalue weighted by Gasteiger charge is 2.17. The molecule has 0 amide bonds. The number of rotatable bonds is 3. The molecule has 0 radical (unpaired) electrons. The minimum absolute atomic E-state index is 0.319. The van der Waals surface area contributed by atoms with E-state index >= 15 is 0 Å². The number of H-pyrrole nitrogens is 1. The van der Waals surface area contributed by atoms with Crippen molar-refractivity contribution < 1.29 is 9.53 Å². The van der Waals surface area contributed by atoms with Gasteiger partial charge in [-0.1, -0.05) is 18.2 Å². The van der Waals surface area contributed by atoms with Crippen LogP contribution in [0.15, 0.2) is 24.3 Å². The number of nitrogens with two attached hydrogens (primary N) is 1. The third-order valence-electron chi connectivity index (χ3n) is 2.57. The third kappa shape index (κ3) is 1.67. The molecule has 4 nitrogen and oxygen atoms in total. The van der Waals surface area contributed by atoms with E-state index in [1.807, 2.05) is 24.3 Å². The number of carbonyl (C=O) groups excluding carboxylic acids is 1. The topological polar surface area (TPSA) is 68.1 Å². The van der Waals surface area contributed by atoms with E-state index in [2.05, 4.69) is 4.98 Å². The summed E-state index contributed by atoms with van der Waals surface area (Å²) in [5.41, 5.74) is 7.90. The fourth-order valence-electron chi connectivity index (χ4n) is 1.86. The van der Waals surface area contributed by atoms with Gasteiger partial charge in [-0.2, -0.15) is 0 Å². The lowest BCUT2D eigenvalue weighted by molar-refractivity contribution is 0.0602. The van der Waals surface area contributed by atoms with Crippen molar-refractivity contribution in [2.45, 2.75) is 6.42 Å². The van der Waals surface area contributed by atoms with E-state index in [0.717, 1.165) is 16.6 Å². The predicted molar refractivity (Wildman–Crippen MR) is 62.4 cm³/mol. The number of fused-ring (bicyclic) bond motifs is 1. The first kappa shape index (κ1) is 10.7. The average Bonchev–Trinajstić information content (AvgIpc) is 2.66. The van der Waals surface area contributed by atoms with Gasteiger partial charge in [0.2, 0.25) is 0 Å². The number of aromatic nitrogens is 1. The Morgan fingerprint density at radius 2 is 2.19 bits per heavy atom. The van der Waals surface area contributed by atoms with Crippen LogP contribution < -0.4 is 5.73 Å². The zero-order valence-electron chi connectivity index (χ0n) is 9.12. The number of esters is 1. The molecular formula is C12H14N2O2. The molecule has 0 spiro atoms. The van der Waals surface area contributed by atoms with Crippen LogP contribution in [0.2, 0.25) is 0 Å². The average molecular weight is 218 g/mol. The molecule has 1 aromatic heterocycles. The van der Waals surface area contributed by atoms with Crippen molar-refractivity contribution in [1.29, 1.82) is 0 Å². The zero-order valence-corrected chi connectivity index (χ0v) is 9.12. The first-order valence-corrected chi connectivity index (χ1v) is 5.16. The number of benzene rings is 1.